The predicted molar refractivity (Wildman–Crippen MR) is 105 cm³/mol. The van der Waals surface area contributed by atoms with Crippen LogP contribution in [0.4, 0.5) is 5.69 Å². The molecule has 1 amide bonds. The molecule has 0 fully saturated rings. The molecule has 0 aromatic heterocycles. The molecule has 0 radical (unpaired) electrons. The molecule has 25 heavy (non-hydrogen) atoms. The molecule has 0 aliphatic carbocycles. The second-order valence-electron chi connectivity index (χ2n) is 5.62. The van der Waals surface area contributed by atoms with Crippen molar-refractivity contribution in [2.75, 3.05) is 5.32 Å². The number of rotatable bonds is 5. The molecular weight excluding hydrogens is 378 g/mol. The van der Waals surface area contributed by atoms with E-state index in [9.17, 15) is 4.79 Å². The van der Waals surface area contributed by atoms with E-state index in [2.05, 4.69) is 33.4 Å². The SMILES string of the molecule is CC(Oc1ccc(-c2ccccc2)cc1)C(=O)Nc1ccccc1Br. The topological polar surface area (TPSA) is 38.3 Å². The highest BCUT2D eigenvalue weighted by molar-refractivity contribution is 9.10. The van der Waals surface area contributed by atoms with Crippen molar-refractivity contribution in [1.82, 2.24) is 0 Å². The number of hydrogen-bond acceptors (Lipinski definition) is 2. The van der Waals surface area contributed by atoms with E-state index in [-0.39, 0.29) is 5.91 Å². The average molecular weight is 396 g/mol. The highest BCUT2D eigenvalue weighted by atomic mass is 79.9. The Morgan fingerprint density at radius 1 is 0.880 bits per heavy atom. The van der Waals surface area contributed by atoms with Gasteiger partial charge in [0.25, 0.3) is 5.91 Å². The number of amides is 1. The van der Waals surface area contributed by atoms with Crippen LogP contribution in [0, 0.1) is 0 Å². The summed E-state index contributed by atoms with van der Waals surface area (Å²) >= 11 is 3.42. The van der Waals surface area contributed by atoms with Crippen molar-refractivity contribution in [3.63, 3.8) is 0 Å². The van der Waals surface area contributed by atoms with Crippen LogP contribution in [0.3, 0.4) is 0 Å². The molecule has 1 N–H and O–H groups in total. The zero-order chi connectivity index (χ0) is 17.6. The summed E-state index contributed by atoms with van der Waals surface area (Å²) in [4.78, 5) is 12.3. The largest absolute Gasteiger partial charge is 0.481 e. The number of halogens is 1. The molecular formula is C21H18BrNO2. The molecule has 1 unspecified atom stereocenters. The van der Waals surface area contributed by atoms with Gasteiger partial charge >= 0.3 is 0 Å². The lowest BCUT2D eigenvalue weighted by molar-refractivity contribution is -0.122. The van der Waals surface area contributed by atoms with Crippen LogP contribution in [-0.4, -0.2) is 12.0 Å². The number of para-hydroxylation sites is 1. The van der Waals surface area contributed by atoms with E-state index < -0.39 is 6.10 Å². The van der Waals surface area contributed by atoms with E-state index in [1.54, 1.807) is 6.92 Å². The summed E-state index contributed by atoms with van der Waals surface area (Å²) < 4.78 is 6.59. The number of carbonyl (C=O) groups is 1. The van der Waals surface area contributed by atoms with Gasteiger partial charge in [0.05, 0.1) is 5.69 Å². The Morgan fingerprint density at radius 3 is 2.16 bits per heavy atom. The third-order valence-corrected chi connectivity index (χ3v) is 4.47. The van der Waals surface area contributed by atoms with Crippen LogP contribution in [0.15, 0.2) is 83.3 Å². The van der Waals surface area contributed by atoms with Crippen molar-refractivity contribution in [3.8, 4) is 16.9 Å². The number of nitrogens with one attached hydrogen (secondary N) is 1. The maximum atomic E-state index is 12.3. The summed E-state index contributed by atoms with van der Waals surface area (Å²) in [5.41, 5.74) is 2.98. The minimum absolute atomic E-state index is 0.195. The number of benzene rings is 3. The van der Waals surface area contributed by atoms with Crippen LogP contribution < -0.4 is 10.1 Å². The monoisotopic (exact) mass is 395 g/mol. The van der Waals surface area contributed by atoms with Gasteiger partial charge in [0.15, 0.2) is 6.10 Å². The molecule has 3 rings (SSSR count). The minimum atomic E-state index is -0.602. The highest BCUT2D eigenvalue weighted by Gasteiger charge is 2.15. The summed E-state index contributed by atoms with van der Waals surface area (Å²) in [6.45, 7) is 1.73. The Labute approximate surface area is 155 Å². The van der Waals surface area contributed by atoms with E-state index in [0.717, 1.165) is 21.3 Å². The van der Waals surface area contributed by atoms with Gasteiger partial charge in [-0.25, -0.2) is 0 Å². The molecule has 4 heteroatoms. The van der Waals surface area contributed by atoms with Crippen LogP contribution >= 0.6 is 15.9 Å². The maximum Gasteiger partial charge on any atom is 0.265 e. The standard InChI is InChI=1S/C21H18BrNO2/c1-15(21(24)23-20-10-6-5-9-19(20)22)25-18-13-11-17(12-14-18)16-7-3-2-4-8-16/h2-15H,1H3,(H,23,24). The van der Waals surface area contributed by atoms with Crippen molar-refractivity contribution in [3.05, 3.63) is 83.3 Å². The van der Waals surface area contributed by atoms with Gasteiger partial charge in [0, 0.05) is 4.47 Å². The summed E-state index contributed by atoms with van der Waals surface area (Å²) in [6, 6.07) is 25.3. The first-order chi connectivity index (χ1) is 12.1. The van der Waals surface area contributed by atoms with Gasteiger partial charge in [-0.3, -0.25) is 4.79 Å². The highest BCUT2D eigenvalue weighted by Crippen LogP contribution is 2.24. The van der Waals surface area contributed by atoms with Crippen molar-refractivity contribution in [1.29, 1.82) is 0 Å². The van der Waals surface area contributed by atoms with Crippen LogP contribution in [0.5, 0.6) is 5.75 Å². The second kappa shape index (κ2) is 7.99. The number of hydrogen-bond donors (Lipinski definition) is 1. The molecule has 1 atom stereocenters. The van der Waals surface area contributed by atoms with Gasteiger partial charge in [-0.05, 0) is 58.2 Å². The first-order valence-corrected chi connectivity index (χ1v) is 8.80. The Morgan fingerprint density at radius 2 is 1.48 bits per heavy atom. The molecule has 0 aliphatic heterocycles. The summed E-state index contributed by atoms with van der Waals surface area (Å²) in [5, 5.41) is 2.86. The van der Waals surface area contributed by atoms with E-state index >= 15 is 0 Å². The predicted octanol–water partition coefficient (Wildman–Crippen LogP) is 5.52. The average Bonchev–Trinajstić information content (AvgIpc) is 2.65. The van der Waals surface area contributed by atoms with Crippen LogP contribution in [0.25, 0.3) is 11.1 Å². The van der Waals surface area contributed by atoms with Gasteiger partial charge in [-0.2, -0.15) is 0 Å². The number of carbonyl (C=O) groups excluding carboxylic acids is 1. The minimum Gasteiger partial charge on any atom is -0.481 e. The summed E-state index contributed by atoms with van der Waals surface area (Å²) in [7, 11) is 0. The number of ether oxygens (including phenoxy) is 1. The third-order valence-electron chi connectivity index (χ3n) is 3.78. The second-order valence-corrected chi connectivity index (χ2v) is 6.47. The molecule has 126 valence electrons. The van der Waals surface area contributed by atoms with Crippen LogP contribution in [0.1, 0.15) is 6.92 Å². The van der Waals surface area contributed by atoms with Gasteiger partial charge in [0.1, 0.15) is 5.75 Å². The Bertz CT molecular complexity index is 847. The Hall–Kier alpha value is -2.59. The third kappa shape index (κ3) is 4.48. The Kier molecular flexibility index (Phi) is 5.51. The van der Waals surface area contributed by atoms with Crippen LogP contribution in [0.2, 0.25) is 0 Å². The maximum absolute atomic E-state index is 12.3. The van der Waals surface area contributed by atoms with Gasteiger partial charge < -0.3 is 10.1 Å². The van der Waals surface area contributed by atoms with Gasteiger partial charge in [-0.15, -0.1) is 0 Å². The van der Waals surface area contributed by atoms with Crippen LogP contribution in [-0.2, 0) is 4.79 Å². The van der Waals surface area contributed by atoms with Crippen molar-refractivity contribution in [2.45, 2.75) is 13.0 Å². The molecule has 3 aromatic rings. The van der Waals surface area contributed by atoms with Crippen molar-refractivity contribution >= 4 is 27.5 Å². The molecule has 0 heterocycles. The lowest BCUT2D eigenvalue weighted by Crippen LogP contribution is -2.30. The molecule has 3 aromatic carbocycles. The van der Waals surface area contributed by atoms with Crippen molar-refractivity contribution < 1.29 is 9.53 Å². The molecule has 0 bridgehead atoms. The lowest BCUT2D eigenvalue weighted by Gasteiger charge is -2.15. The van der Waals surface area contributed by atoms with E-state index in [4.69, 9.17) is 4.74 Å². The first-order valence-electron chi connectivity index (χ1n) is 8.01. The molecule has 0 saturated carbocycles. The fourth-order valence-corrected chi connectivity index (χ4v) is 2.80. The van der Waals surface area contributed by atoms with E-state index in [0.29, 0.717) is 5.75 Å². The van der Waals surface area contributed by atoms with Gasteiger partial charge in [-0.1, -0.05) is 54.6 Å². The first kappa shape index (κ1) is 17.2. The smallest absolute Gasteiger partial charge is 0.265 e. The molecule has 0 saturated heterocycles. The quantitative estimate of drug-likeness (QED) is 0.617. The van der Waals surface area contributed by atoms with Gasteiger partial charge in [0.2, 0.25) is 0 Å². The zero-order valence-corrected chi connectivity index (χ0v) is 15.4. The fraction of sp³-hybridized carbons (Fsp3) is 0.0952. The summed E-state index contributed by atoms with van der Waals surface area (Å²) in [6.07, 6.45) is -0.602. The molecule has 3 nitrogen and oxygen atoms in total. The molecule has 0 aliphatic rings. The lowest BCUT2D eigenvalue weighted by atomic mass is 10.1. The Balaban J connectivity index is 1.63. The normalized spacial score (nSPS) is 11.6. The van der Waals surface area contributed by atoms with E-state index in [1.165, 1.54) is 0 Å². The zero-order valence-electron chi connectivity index (χ0n) is 13.8. The fourth-order valence-electron chi connectivity index (χ4n) is 2.41. The van der Waals surface area contributed by atoms with Crippen molar-refractivity contribution in [2.24, 2.45) is 0 Å². The number of anilines is 1. The molecule has 0 spiro atoms. The van der Waals surface area contributed by atoms with E-state index in [1.807, 2.05) is 66.7 Å². The summed E-state index contributed by atoms with van der Waals surface area (Å²) in [5.74, 6) is 0.466.